The fourth-order valence-electron chi connectivity index (χ4n) is 2.99. The van der Waals surface area contributed by atoms with Gasteiger partial charge in [0.15, 0.2) is 0 Å². The lowest BCUT2D eigenvalue weighted by Gasteiger charge is -2.38. The van der Waals surface area contributed by atoms with Gasteiger partial charge in [-0.05, 0) is 24.3 Å². The highest BCUT2D eigenvalue weighted by atomic mass is 16.5. The molecule has 4 rings (SSSR count). The van der Waals surface area contributed by atoms with Crippen LogP contribution in [0, 0.1) is 11.3 Å². The number of amides is 1. The van der Waals surface area contributed by atoms with Crippen molar-refractivity contribution in [3.63, 3.8) is 0 Å². The molecule has 1 amide bonds. The predicted molar refractivity (Wildman–Crippen MR) is 99.8 cm³/mol. The molecule has 0 radical (unpaired) electrons. The van der Waals surface area contributed by atoms with Gasteiger partial charge in [0.2, 0.25) is 5.88 Å². The van der Waals surface area contributed by atoms with E-state index in [4.69, 9.17) is 14.7 Å². The number of pyridine rings is 1. The first-order valence-corrected chi connectivity index (χ1v) is 8.69. The molecule has 8 heteroatoms. The van der Waals surface area contributed by atoms with Crippen molar-refractivity contribution in [2.24, 2.45) is 0 Å². The number of nitrogens with zero attached hydrogens (tertiary/aromatic N) is 4. The molecule has 0 spiro atoms. The number of likely N-dealkylation sites (tertiary alicyclic amines) is 1. The lowest BCUT2D eigenvalue weighted by molar-refractivity contribution is 0.0155. The molecule has 0 atom stereocenters. The highest BCUT2D eigenvalue weighted by Gasteiger charge is 2.34. The number of rotatable bonds is 5. The molecule has 0 bridgehead atoms. The van der Waals surface area contributed by atoms with Crippen molar-refractivity contribution in [1.82, 2.24) is 20.1 Å². The number of benzene rings is 1. The smallest absolute Gasteiger partial charge is 0.272 e. The maximum Gasteiger partial charge on any atom is 0.272 e. The van der Waals surface area contributed by atoms with E-state index < -0.39 is 0 Å². The topological polar surface area (TPSA) is 104 Å². The molecule has 1 N–H and O–H groups in total. The number of hydrogen-bond donors (Lipinski definition) is 1. The molecule has 8 nitrogen and oxygen atoms in total. The van der Waals surface area contributed by atoms with E-state index >= 15 is 0 Å². The van der Waals surface area contributed by atoms with Gasteiger partial charge in [0.1, 0.15) is 17.5 Å². The van der Waals surface area contributed by atoms with E-state index in [1.807, 2.05) is 30.3 Å². The number of para-hydroxylation sites is 1. The summed E-state index contributed by atoms with van der Waals surface area (Å²) in [7, 11) is 1.60. The normalized spacial score (nSPS) is 13.5. The summed E-state index contributed by atoms with van der Waals surface area (Å²) in [5.41, 5.74) is 2.35. The zero-order valence-corrected chi connectivity index (χ0v) is 15.1. The molecule has 1 aliphatic heterocycles. The van der Waals surface area contributed by atoms with Gasteiger partial charge in [-0.15, -0.1) is 0 Å². The minimum Gasteiger partial charge on any atom is -0.496 e. The van der Waals surface area contributed by atoms with Crippen molar-refractivity contribution in [2.45, 2.75) is 6.10 Å². The second kappa shape index (κ2) is 7.40. The summed E-state index contributed by atoms with van der Waals surface area (Å²) in [5.74, 6) is 0.931. The monoisotopic (exact) mass is 375 g/mol. The van der Waals surface area contributed by atoms with Crippen LogP contribution in [0.2, 0.25) is 0 Å². The molecule has 140 valence electrons. The predicted octanol–water partition coefficient (Wildman–Crippen LogP) is 2.26. The first-order chi connectivity index (χ1) is 13.7. The first-order valence-electron chi connectivity index (χ1n) is 8.69. The van der Waals surface area contributed by atoms with Gasteiger partial charge >= 0.3 is 0 Å². The van der Waals surface area contributed by atoms with E-state index in [9.17, 15) is 4.79 Å². The fraction of sp³-hybridized carbons (Fsp3) is 0.200. The fourth-order valence-corrected chi connectivity index (χ4v) is 2.99. The molecule has 1 aliphatic rings. The van der Waals surface area contributed by atoms with Crippen molar-refractivity contribution in [2.75, 3.05) is 20.2 Å². The van der Waals surface area contributed by atoms with Crippen molar-refractivity contribution in [1.29, 1.82) is 5.26 Å². The van der Waals surface area contributed by atoms with E-state index in [0.717, 1.165) is 5.56 Å². The Morgan fingerprint density at radius 2 is 2.11 bits per heavy atom. The zero-order valence-electron chi connectivity index (χ0n) is 15.1. The summed E-state index contributed by atoms with van der Waals surface area (Å²) in [6.45, 7) is 0.889. The van der Waals surface area contributed by atoms with Gasteiger partial charge in [-0.25, -0.2) is 4.98 Å². The summed E-state index contributed by atoms with van der Waals surface area (Å²) in [6, 6.07) is 14.5. The Morgan fingerprint density at radius 1 is 1.29 bits per heavy atom. The summed E-state index contributed by atoms with van der Waals surface area (Å²) < 4.78 is 11.1. The third kappa shape index (κ3) is 3.38. The van der Waals surface area contributed by atoms with Crippen LogP contribution >= 0.6 is 0 Å². The van der Waals surface area contributed by atoms with Crippen LogP contribution in [0.4, 0.5) is 0 Å². The standard InChI is InChI=1S/C20H17N5O3/c1-27-18-5-3-2-4-15(18)16-9-17(24-23-16)20(26)25-11-14(12-25)28-19-8-13(10-21)6-7-22-19/h2-9,14H,11-12H2,1H3,(H,23,24). The Hall–Kier alpha value is -3.86. The second-order valence-electron chi connectivity index (χ2n) is 6.31. The largest absolute Gasteiger partial charge is 0.496 e. The number of carbonyl (C=O) groups is 1. The minimum absolute atomic E-state index is 0.146. The molecular weight excluding hydrogens is 358 g/mol. The van der Waals surface area contributed by atoms with Crippen LogP contribution in [0.15, 0.2) is 48.7 Å². The van der Waals surface area contributed by atoms with E-state index in [1.165, 1.54) is 6.20 Å². The average Bonchev–Trinajstić information content (AvgIpc) is 3.20. The van der Waals surface area contributed by atoms with E-state index in [2.05, 4.69) is 15.2 Å². The number of nitrogens with one attached hydrogen (secondary N) is 1. The summed E-state index contributed by atoms with van der Waals surface area (Å²) in [6.07, 6.45) is 1.38. The van der Waals surface area contributed by atoms with Crippen LogP contribution in [0.1, 0.15) is 16.1 Å². The molecular formula is C20H17N5O3. The number of aromatic nitrogens is 3. The Kier molecular flexibility index (Phi) is 4.64. The quantitative estimate of drug-likeness (QED) is 0.733. The molecule has 3 heterocycles. The van der Waals surface area contributed by atoms with Gasteiger partial charge in [0.25, 0.3) is 5.91 Å². The van der Waals surface area contributed by atoms with Crippen LogP contribution in [0.25, 0.3) is 11.3 Å². The second-order valence-corrected chi connectivity index (χ2v) is 6.31. The Labute approximate surface area is 161 Å². The van der Waals surface area contributed by atoms with Gasteiger partial charge in [0, 0.05) is 17.8 Å². The number of ether oxygens (including phenoxy) is 2. The third-order valence-electron chi connectivity index (χ3n) is 4.48. The maximum atomic E-state index is 12.6. The van der Waals surface area contributed by atoms with Crippen molar-refractivity contribution in [3.05, 3.63) is 59.9 Å². The van der Waals surface area contributed by atoms with Crippen LogP contribution in [0.3, 0.4) is 0 Å². The number of carbonyl (C=O) groups excluding carboxylic acids is 1. The van der Waals surface area contributed by atoms with E-state index in [0.29, 0.717) is 41.7 Å². The Balaban J connectivity index is 1.39. The average molecular weight is 375 g/mol. The van der Waals surface area contributed by atoms with Gasteiger partial charge in [-0.3, -0.25) is 9.89 Å². The molecule has 0 saturated carbocycles. The van der Waals surface area contributed by atoms with Crippen molar-refractivity contribution >= 4 is 5.91 Å². The zero-order chi connectivity index (χ0) is 19.5. The molecule has 2 aromatic heterocycles. The van der Waals surface area contributed by atoms with Crippen molar-refractivity contribution in [3.8, 4) is 29.0 Å². The number of H-pyrrole nitrogens is 1. The van der Waals surface area contributed by atoms with Gasteiger partial charge in [0.05, 0.1) is 37.5 Å². The lowest BCUT2D eigenvalue weighted by atomic mass is 10.1. The van der Waals surface area contributed by atoms with Crippen LogP contribution in [-0.4, -0.2) is 52.3 Å². The number of aromatic amines is 1. The highest BCUT2D eigenvalue weighted by molar-refractivity contribution is 5.94. The van der Waals surface area contributed by atoms with E-state index in [-0.39, 0.29) is 12.0 Å². The molecule has 1 fully saturated rings. The van der Waals surface area contributed by atoms with Crippen molar-refractivity contribution < 1.29 is 14.3 Å². The molecule has 28 heavy (non-hydrogen) atoms. The highest BCUT2D eigenvalue weighted by Crippen LogP contribution is 2.29. The summed E-state index contributed by atoms with van der Waals surface area (Å²) in [5, 5.41) is 16.0. The van der Waals surface area contributed by atoms with Crippen LogP contribution in [-0.2, 0) is 0 Å². The van der Waals surface area contributed by atoms with Crippen LogP contribution < -0.4 is 9.47 Å². The molecule has 0 aliphatic carbocycles. The van der Waals surface area contributed by atoms with Gasteiger partial charge < -0.3 is 14.4 Å². The Bertz CT molecular complexity index is 1050. The SMILES string of the molecule is COc1ccccc1-c1cc(C(=O)N2CC(Oc3cc(C#N)ccn3)C2)[nH]n1. The number of methoxy groups -OCH3 is 1. The minimum atomic E-state index is -0.151. The van der Waals surface area contributed by atoms with Gasteiger partial charge in [-0.1, -0.05) is 12.1 Å². The number of hydrogen-bond acceptors (Lipinski definition) is 6. The van der Waals surface area contributed by atoms with Gasteiger partial charge in [-0.2, -0.15) is 10.4 Å². The molecule has 1 saturated heterocycles. The van der Waals surface area contributed by atoms with Crippen LogP contribution in [0.5, 0.6) is 11.6 Å². The molecule has 0 unspecified atom stereocenters. The Morgan fingerprint density at radius 3 is 2.89 bits per heavy atom. The third-order valence-corrected chi connectivity index (χ3v) is 4.48. The summed E-state index contributed by atoms with van der Waals surface area (Å²) >= 11 is 0. The lowest BCUT2D eigenvalue weighted by Crippen LogP contribution is -2.56. The molecule has 1 aromatic carbocycles. The summed E-state index contributed by atoms with van der Waals surface area (Å²) in [4.78, 5) is 18.4. The van der Waals surface area contributed by atoms with E-state index in [1.54, 1.807) is 30.2 Å². The molecule has 3 aromatic rings. The number of nitriles is 1. The maximum absolute atomic E-state index is 12.6. The first kappa shape index (κ1) is 17.5.